The zero-order chi connectivity index (χ0) is 28.8. The van der Waals surface area contributed by atoms with E-state index in [0.29, 0.717) is 32.1 Å². The monoisotopic (exact) mass is 550 g/mol. The summed E-state index contributed by atoms with van der Waals surface area (Å²) < 4.78 is 39.2. The lowest BCUT2D eigenvalue weighted by atomic mass is 9.38. The van der Waals surface area contributed by atoms with Crippen molar-refractivity contribution in [2.45, 2.75) is 106 Å². The first kappa shape index (κ1) is 28.7. The second-order valence-electron chi connectivity index (χ2n) is 15.3. The van der Waals surface area contributed by atoms with Crippen LogP contribution in [0.1, 0.15) is 99.3 Å². The molecule has 0 aromatic rings. The molecule has 0 bridgehead atoms. The van der Waals surface area contributed by atoms with Gasteiger partial charge in [-0.15, -0.1) is 0 Å². The van der Waals surface area contributed by atoms with Crippen LogP contribution in [0.25, 0.3) is 0 Å². The number of amides is 1. The molecule has 7 unspecified atom stereocenters. The molecule has 0 heterocycles. The van der Waals surface area contributed by atoms with Crippen molar-refractivity contribution in [3.8, 4) is 0 Å². The summed E-state index contributed by atoms with van der Waals surface area (Å²) in [4.78, 5) is 27.8. The predicted molar refractivity (Wildman–Crippen MR) is 143 cm³/mol. The highest BCUT2D eigenvalue weighted by Gasteiger charge is 2.66. The average molecular weight is 551 g/mol. The van der Waals surface area contributed by atoms with Gasteiger partial charge < -0.3 is 10.5 Å². The van der Waals surface area contributed by atoms with E-state index in [2.05, 4.69) is 52.0 Å². The van der Waals surface area contributed by atoms with Gasteiger partial charge in [0.2, 0.25) is 5.91 Å². The molecule has 218 valence electrons. The quantitative estimate of drug-likeness (QED) is 0.285. The molecule has 0 radical (unpaired) electrons. The SMILES string of the molecule is CC1(C)CCC2(C(=O)NCC(F)(F)F)CCC3C(C(=O)C=C4C3(C)CCC3C4(C)CC/C(=N\O)C3(C)C)C2C1. The fraction of sp³-hybridized carbons (Fsp3) is 0.839. The summed E-state index contributed by atoms with van der Waals surface area (Å²) in [5.74, 6) is -0.762. The largest absolute Gasteiger partial charge is 0.411 e. The minimum atomic E-state index is -4.47. The number of carbonyl (C=O) groups is 2. The van der Waals surface area contributed by atoms with Gasteiger partial charge in [-0.3, -0.25) is 9.59 Å². The molecule has 0 spiro atoms. The number of oxime groups is 1. The van der Waals surface area contributed by atoms with Crippen LogP contribution in [-0.2, 0) is 9.59 Å². The molecular weight excluding hydrogens is 505 g/mol. The van der Waals surface area contributed by atoms with Gasteiger partial charge in [-0.2, -0.15) is 13.2 Å². The van der Waals surface area contributed by atoms with Gasteiger partial charge in [0, 0.05) is 11.3 Å². The zero-order valence-corrected chi connectivity index (χ0v) is 24.3. The smallest absolute Gasteiger partial charge is 0.405 e. The number of rotatable bonds is 2. The molecule has 5 aliphatic rings. The second kappa shape index (κ2) is 8.82. The summed E-state index contributed by atoms with van der Waals surface area (Å²) in [6.45, 7) is 11.9. The molecule has 2 N–H and O–H groups in total. The van der Waals surface area contributed by atoms with Gasteiger partial charge in [-0.05, 0) is 97.9 Å². The minimum Gasteiger partial charge on any atom is -0.411 e. The number of fused-ring (bicyclic) bond motifs is 7. The van der Waals surface area contributed by atoms with Crippen LogP contribution in [0.4, 0.5) is 13.2 Å². The van der Waals surface area contributed by atoms with Crippen molar-refractivity contribution in [3.05, 3.63) is 11.6 Å². The highest BCUT2D eigenvalue weighted by atomic mass is 19.4. The Morgan fingerprint density at radius 2 is 1.69 bits per heavy atom. The number of hydrogen-bond acceptors (Lipinski definition) is 4. The zero-order valence-electron chi connectivity index (χ0n) is 24.3. The highest BCUT2D eigenvalue weighted by molar-refractivity contribution is 5.96. The first-order chi connectivity index (χ1) is 17.9. The maximum Gasteiger partial charge on any atom is 0.405 e. The summed E-state index contributed by atoms with van der Waals surface area (Å²) in [5, 5.41) is 15.6. The van der Waals surface area contributed by atoms with Crippen LogP contribution < -0.4 is 5.32 Å². The van der Waals surface area contributed by atoms with Crippen LogP contribution in [0.15, 0.2) is 16.8 Å². The van der Waals surface area contributed by atoms with Crippen LogP contribution in [-0.4, -0.2) is 35.3 Å². The van der Waals surface area contributed by atoms with Crippen LogP contribution in [0.5, 0.6) is 0 Å². The van der Waals surface area contributed by atoms with E-state index in [9.17, 15) is 28.0 Å². The van der Waals surface area contributed by atoms with E-state index in [4.69, 9.17) is 0 Å². The van der Waals surface area contributed by atoms with Gasteiger partial charge in [0.15, 0.2) is 5.78 Å². The van der Waals surface area contributed by atoms with Gasteiger partial charge in [0.25, 0.3) is 0 Å². The van der Waals surface area contributed by atoms with Crippen molar-refractivity contribution in [1.29, 1.82) is 0 Å². The van der Waals surface area contributed by atoms with Gasteiger partial charge in [0.05, 0.1) is 11.1 Å². The third-order valence-corrected chi connectivity index (χ3v) is 12.4. The molecule has 0 saturated heterocycles. The molecular formula is C31H45F3N2O3. The van der Waals surface area contributed by atoms with Gasteiger partial charge in [-0.1, -0.05) is 52.3 Å². The summed E-state index contributed by atoms with van der Waals surface area (Å²) in [5.41, 5.74) is 0.343. The number of ketones is 1. The molecule has 5 rings (SSSR count). The molecule has 39 heavy (non-hydrogen) atoms. The van der Waals surface area contributed by atoms with Gasteiger partial charge in [-0.25, -0.2) is 0 Å². The normalized spacial score (nSPS) is 43.9. The third kappa shape index (κ3) is 4.20. The van der Waals surface area contributed by atoms with Gasteiger partial charge >= 0.3 is 6.18 Å². The Hall–Kier alpha value is -1.86. The number of nitrogens with one attached hydrogen (secondary N) is 1. The molecule has 0 aromatic carbocycles. The summed E-state index contributed by atoms with van der Waals surface area (Å²) in [6.07, 6.45) is 3.97. The number of alkyl halides is 3. The fourth-order valence-corrected chi connectivity index (χ4v) is 10.4. The van der Waals surface area contributed by atoms with E-state index in [-0.39, 0.29) is 51.1 Å². The maximum absolute atomic E-state index is 14.2. The highest BCUT2D eigenvalue weighted by Crippen LogP contribution is 2.71. The molecule has 0 aliphatic heterocycles. The number of halogens is 3. The lowest BCUT2D eigenvalue weighted by Gasteiger charge is -2.66. The lowest BCUT2D eigenvalue weighted by Crippen LogP contribution is -2.63. The van der Waals surface area contributed by atoms with E-state index < -0.39 is 24.0 Å². The maximum atomic E-state index is 14.2. The molecule has 5 nitrogen and oxygen atoms in total. The summed E-state index contributed by atoms with van der Waals surface area (Å²) >= 11 is 0. The molecule has 0 aromatic heterocycles. The van der Waals surface area contributed by atoms with Crippen LogP contribution in [0.3, 0.4) is 0 Å². The Morgan fingerprint density at radius 1 is 1.00 bits per heavy atom. The van der Waals surface area contributed by atoms with Crippen LogP contribution in [0.2, 0.25) is 0 Å². The Bertz CT molecular complexity index is 1120. The first-order valence-electron chi connectivity index (χ1n) is 14.7. The van der Waals surface area contributed by atoms with Crippen molar-refractivity contribution in [3.63, 3.8) is 0 Å². The molecule has 7 atom stereocenters. The van der Waals surface area contributed by atoms with E-state index in [1.165, 1.54) is 5.57 Å². The third-order valence-electron chi connectivity index (χ3n) is 12.4. The Kier molecular flexibility index (Phi) is 6.48. The molecule has 8 heteroatoms. The Labute approximate surface area is 230 Å². The number of nitrogens with zero attached hydrogens (tertiary/aromatic N) is 1. The molecule has 4 fully saturated rings. The lowest BCUT2D eigenvalue weighted by molar-refractivity contribution is -0.167. The van der Waals surface area contributed by atoms with Gasteiger partial charge in [0.1, 0.15) is 6.54 Å². The van der Waals surface area contributed by atoms with E-state index in [1.54, 1.807) is 0 Å². The number of hydrogen-bond donors (Lipinski definition) is 2. The fourth-order valence-electron chi connectivity index (χ4n) is 10.4. The molecule has 5 aliphatic carbocycles. The van der Waals surface area contributed by atoms with E-state index in [1.807, 2.05) is 6.08 Å². The Morgan fingerprint density at radius 3 is 2.33 bits per heavy atom. The van der Waals surface area contributed by atoms with Crippen molar-refractivity contribution in [2.24, 2.45) is 55.9 Å². The number of carbonyl (C=O) groups excluding carboxylic acids is 2. The minimum absolute atomic E-state index is 0.0594. The van der Waals surface area contributed by atoms with E-state index in [0.717, 1.165) is 31.4 Å². The summed E-state index contributed by atoms with van der Waals surface area (Å²) in [7, 11) is 0. The second-order valence-corrected chi connectivity index (χ2v) is 15.3. The number of allylic oxidation sites excluding steroid dienone is 2. The van der Waals surface area contributed by atoms with E-state index >= 15 is 0 Å². The topological polar surface area (TPSA) is 78.8 Å². The molecule has 1 amide bonds. The van der Waals surface area contributed by atoms with Crippen LogP contribution >= 0.6 is 0 Å². The predicted octanol–water partition coefficient (Wildman–Crippen LogP) is 7.09. The van der Waals surface area contributed by atoms with Crippen molar-refractivity contribution < 1.29 is 28.0 Å². The van der Waals surface area contributed by atoms with Crippen LogP contribution in [0, 0.1) is 50.7 Å². The van der Waals surface area contributed by atoms with Crippen molar-refractivity contribution in [2.75, 3.05) is 6.54 Å². The standard InChI is InChI=1S/C31H45F3N2O3/c1-26(2)13-14-30(25(38)35-17-31(32,33)34)12-7-18-24(19(30)16-26)20(37)15-22-28(18,5)10-8-21-27(3,4)23(36-39)9-11-29(21,22)6/h15,18-19,21,24,39H,7-14,16-17H2,1-6H3,(H,35,38)/b36-23+. The average Bonchev–Trinajstić information content (AvgIpc) is 2.82. The Balaban J connectivity index is 1.55. The first-order valence-corrected chi connectivity index (χ1v) is 14.7. The molecule has 4 saturated carbocycles. The summed E-state index contributed by atoms with van der Waals surface area (Å²) in [6, 6.07) is 0. The van der Waals surface area contributed by atoms with Crippen molar-refractivity contribution >= 4 is 17.4 Å². The van der Waals surface area contributed by atoms with Crippen molar-refractivity contribution in [1.82, 2.24) is 5.32 Å².